The minimum Gasteiger partial charge on any atom is -0.476 e. The number of ether oxygens (including phenoxy) is 1. The van der Waals surface area contributed by atoms with E-state index in [9.17, 15) is 0 Å². The topological polar surface area (TPSA) is 33.6 Å². The Morgan fingerprint density at radius 2 is 2.14 bits per heavy atom. The number of nitrogens with zero attached hydrogens (tertiary/aromatic N) is 1. The zero-order valence-corrected chi connectivity index (χ0v) is 7.86. The molecule has 0 aliphatic carbocycles. The van der Waals surface area contributed by atoms with Crippen molar-refractivity contribution >= 4 is 11.6 Å². The number of hydrogen-bond acceptors (Lipinski definition) is 3. The molecule has 0 amide bonds. The van der Waals surface area contributed by atoms with E-state index in [-0.39, 0.29) is 0 Å². The Labute approximate surface area is 83.1 Å². The molecule has 1 aromatic rings. The van der Waals surface area contributed by atoms with Crippen molar-refractivity contribution in [1.29, 1.82) is 0 Å². The summed E-state index contributed by atoms with van der Waals surface area (Å²) in [5, 5.41) is 3.01. The van der Waals surface area contributed by atoms with Gasteiger partial charge in [0.15, 0.2) is 0 Å². The second-order valence-electron chi connectivity index (χ2n) is 2.96. The van der Waals surface area contributed by atoms with Gasteiger partial charge in [0.25, 0.3) is 0 Å². The summed E-state index contributed by atoms with van der Waals surface area (Å²) < 4.78 is 5.35. The van der Waals surface area contributed by atoms with Crippen molar-refractivity contribution in [3.05, 3.63) is 42.6 Å². The molecule has 3 nitrogen and oxygen atoms in total. The highest BCUT2D eigenvalue weighted by Gasteiger charge is 2.09. The summed E-state index contributed by atoms with van der Waals surface area (Å²) in [6, 6.07) is 7.91. The van der Waals surface area contributed by atoms with Crippen molar-refractivity contribution in [2.24, 2.45) is 4.99 Å². The second kappa shape index (κ2) is 3.96. The second-order valence-corrected chi connectivity index (χ2v) is 2.96. The fourth-order valence-electron chi connectivity index (χ4n) is 1.34. The summed E-state index contributed by atoms with van der Waals surface area (Å²) in [5.41, 5.74) is 2.04. The van der Waals surface area contributed by atoms with Crippen LogP contribution in [-0.2, 0) is 4.74 Å². The smallest absolute Gasteiger partial charge is 0.216 e. The molecule has 1 N–H and O–H groups in total. The third-order valence-corrected chi connectivity index (χ3v) is 1.99. The molecule has 0 aromatic heterocycles. The molecule has 1 aliphatic rings. The molecule has 72 valence electrons. The molecular weight excluding hydrogens is 176 g/mol. The van der Waals surface area contributed by atoms with Gasteiger partial charge < -0.3 is 10.1 Å². The highest BCUT2D eigenvalue weighted by Crippen LogP contribution is 2.12. The van der Waals surface area contributed by atoms with Crippen LogP contribution in [0, 0.1) is 0 Å². The van der Waals surface area contributed by atoms with Gasteiger partial charge in [-0.25, -0.2) is 4.99 Å². The maximum absolute atomic E-state index is 5.35. The molecule has 0 saturated heterocycles. The van der Waals surface area contributed by atoms with E-state index in [2.05, 4.69) is 16.9 Å². The van der Waals surface area contributed by atoms with Crippen molar-refractivity contribution in [3.63, 3.8) is 0 Å². The van der Waals surface area contributed by atoms with Crippen LogP contribution in [0.4, 0.5) is 5.69 Å². The molecule has 1 heterocycles. The summed E-state index contributed by atoms with van der Waals surface area (Å²) in [6.45, 7) is 5.06. The van der Waals surface area contributed by atoms with Crippen LogP contribution >= 0.6 is 0 Å². The lowest BCUT2D eigenvalue weighted by Crippen LogP contribution is -2.00. The van der Waals surface area contributed by atoms with Crippen molar-refractivity contribution in [2.45, 2.75) is 0 Å². The number of hydrogen-bond donors (Lipinski definition) is 1. The minimum absolute atomic E-state index is 0.696. The van der Waals surface area contributed by atoms with Gasteiger partial charge in [-0.3, -0.25) is 0 Å². The Morgan fingerprint density at radius 1 is 1.36 bits per heavy atom. The first-order valence-electron chi connectivity index (χ1n) is 4.55. The van der Waals surface area contributed by atoms with E-state index in [1.165, 1.54) is 0 Å². The third kappa shape index (κ3) is 1.76. The van der Waals surface area contributed by atoms with Crippen LogP contribution in [0.15, 0.2) is 42.0 Å². The highest BCUT2D eigenvalue weighted by atomic mass is 16.5. The lowest BCUT2D eigenvalue weighted by Gasteiger charge is -2.03. The molecule has 0 radical (unpaired) electrons. The predicted molar refractivity (Wildman–Crippen MR) is 57.6 cm³/mol. The standard InChI is InChI=1S/C11H12N2O/c1-2-12-10-5-3-9(4-6-10)11-13-7-8-14-11/h2-6,12H,1,7-8H2. The average Bonchev–Trinajstić information content (AvgIpc) is 2.72. The van der Waals surface area contributed by atoms with Crippen molar-refractivity contribution in [2.75, 3.05) is 18.5 Å². The molecule has 1 aliphatic heterocycles. The highest BCUT2D eigenvalue weighted by molar-refractivity contribution is 5.95. The first kappa shape index (κ1) is 8.81. The lowest BCUT2D eigenvalue weighted by atomic mass is 10.2. The third-order valence-electron chi connectivity index (χ3n) is 1.99. The Balaban J connectivity index is 2.16. The molecule has 0 unspecified atom stereocenters. The van der Waals surface area contributed by atoms with Gasteiger partial charge in [-0.1, -0.05) is 6.58 Å². The molecule has 0 fully saturated rings. The normalized spacial score (nSPS) is 14.4. The lowest BCUT2D eigenvalue weighted by molar-refractivity contribution is 0.348. The molecule has 0 atom stereocenters. The first-order valence-corrected chi connectivity index (χ1v) is 4.55. The summed E-state index contributed by atoms with van der Waals surface area (Å²) in [6.07, 6.45) is 1.65. The first-order chi connectivity index (χ1) is 6.90. The van der Waals surface area contributed by atoms with Gasteiger partial charge in [-0.2, -0.15) is 0 Å². The minimum atomic E-state index is 0.696. The number of anilines is 1. The average molecular weight is 188 g/mol. The fraction of sp³-hybridized carbons (Fsp3) is 0.182. The van der Waals surface area contributed by atoms with Gasteiger partial charge in [0.05, 0.1) is 6.54 Å². The summed E-state index contributed by atoms with van der Waals surface area (Å²) in [4.78, 5) is 4.24. The molecular formula is C11H12N2O. The maximum Gasteiger partial charge on any atom is 0.216 e. The largest absolute Gasteiger partial charge is 0.476 e. The van der Waals surface area contributed by atoms with Crippen LogP contribution in [-0.4, -0.2) is 19.0 Å². The van der Waals surface area contributed by atoms with Crippen molar-refractivity contribution < 1.29 is 4.74 Å². The van der Waals surface area contributed by atoms with Crippen LogP contribution in [0.3, 0.4) is 0 Å². The van der Waals surface area contributed by atoms with Crippen LogP contribution in [0.25, 0.3) is 0 Å². The summed E-state index contributed by atoms with van der Waals surface area (Å²) in [7, 11) is 0. The summed E-state index contributed by atoms with van der Waals surface area (Å²) in [5.74, 6) is 0.746. The van der Waals surface area contributed by atoms with Gasteiger partial charge in [-0.15, -0.1) is 0 Å². The van der Waals surface area contributed by atoms with E-state index >= 15 is 0 Å². The zero-order chi connectivity index (χ0) is 9.80. The van der Waals surface area contributed by atoms with E-state index in [4.69, 9.17) is 4.74 Å². The number of nitrogens with one attached hydrogen (secondary N) is 1. The number of benzene rings is 1. The molecule has 3 heteroatoms. The van der Waals surface area contributed by atoms with Gasteiger partial charge in [-0.05, 0) is 30.5 Å². The van der Waals surface area contributed by atoms with E-state index in [0.29, 0.717) is 6.61 Å². The zero-order valence-electron chi connectivity index (χ0n) is 7.86. The van der Waals surface area contributed by atoms with Gasteiger partial charge >= 0.3 is 0 Å². The Morgan fingerprint density at radius 3 is 2.71 bits per heavy atom. The monoisotopic (exact) mass is 188 g/mol. The van der Waals surface area contributed by atoms with E-state index in [1.807, 2.05) is 24.3 Å². The number of aliphatic imine (C=N–C) groups is 1. The fourth-order valence-corrected chi connectivity index (χ4v) is 1.34. The number of rotatable bonds is 3. The molecule has 0 spiro atoms. The van der Waals surface area contributed by atoms with Crippen molar-refractivity contribution in [1.82, 2.24) is 0 Å². The van der Waals surface area contributed by atoms with Gasteiger partial charge in [0, 0.05) is 11.3 Å². The quantitative estimate of drug-likeness (QED) is 0.787. The van der Waals surface area contributed by atoms with E-state index in [0.717, 1.165) is 23.7 Å². The van der Waals surface area contributed by atoms with E-state index < -0.39 is 0 Å². The van der Waals surface area contributed by atoms with Crippen molar-refractivity contribution in [3.8, 4) is 0 Å². The predicted octanol–water partition coefficient (Wildman–Crippen LogP) is 2.02. The van der Waals surface area contributed by atoms with Crippen LogP contribution < -0.4 is 5.32 Å². The molecule has 1 aromatic carbocycles. The molecule has 14 heavy (non-hydrogen) atoms. The van der Waals surface area contributed by atoms with Crippen LogP contribution in [0.2, 0.25) is 0 Å². The summed E-state index contributed by atoms with van der Waals surface area (Å²) >= 11 is 0. The van der Waals surface area contributed by atoms with Gasteiger partial charge in [0.1, 0.15) is 6.61 Å². The Hall–Kier alpha value is -1.77. The molecule has 2 rings (SSSR count). The molecule has 0 saturated carbocycles. The molecule has 0 bridgehead atoms. The Kier molecular flexibility index (Phi) is 2.49. The van der Waals surface area contributed by atoms with Gasteiger partial charge in [0.2, 0.25) is 5.90 Å². The van der Waals surface area contributed by atoms with Crippen LogP contribution in [0.5, 0.6) is 0 Å². The van der Waals surface area contributed by atoms with E-state index in [1.54, 1.807) is 6.20 Å². The SMILES string of the molecule is C=CNc1ccc(C2=NCCO2)cc1. The van der Waals surface area contributed by atoms with Crippen LogP contribution in [0.1, 0.15) is 5.56 Å². The maximum atomic E-state index is 5.35. The Bertz CT molecular complexity index is 354.